The van der Waals surface area contributed by atoms with E-state index in [1.54, 1.807) is 0 Å². The summed E-state index contributed by atoms with van der Waals surface area (Å²) in [6.07, 6.45) is -11.1. The molecule has 224 valence electrons. The molecule has 0 aliphatic rings. The molecule has 0 aromatic rings. The number of nitrogens with zero attached hydrogens (tertiary/aromatic N) is 2. The molecule has 2 N–H and O–H groups in total. The maximum atomic E-state index is 14.3. The van der Waals surface area contributed by atoms with Crippen LogP contribution in [0, 0.1) is 0 Å². The number of hydrogen-bond acceptors (Lipinski definition) is 6. The molecule has 0 amide bonds. The lowest BCUT2D eigenvalue weighted by atomic mass is 9.98. The second-order valence-corrected chi connectivity index (χ2v) is 11.3. The Labute approximate surface area is 200 Å². The first-order valence-corrected chi connectivity index (χ1v) is 12.2. The van der Waals surface area contributed by atoms with Gasteiger partial charge in [-0.1, -0.05) is 0 Å². The summed E-state index contributed by atoms with van der Waals surface area (Å²) < 4.78 is 227. The SMILES string of the molecule is CN(C)CC(O)CN(CCCS(=O)(=O)O)S(=O)(=O)C(F)(F)C(F)(F)C(F)(F)C(F)(F)C(F)(F)C(F)(F)F. The minimum atomic E-state index is -8.38. The molecule has 0 bridgehead atoms. The summed E-state index contributed by atoms with van der Waals surface area (Å²) in [7, 11) is -10.1. The summed E-state index contributed by atoms with van der Waals surface area (Å²) in [5.74, 6) is -34.4. The molecule has 0 fully saturated rings. The number of likely N-dealkylation sites (N-methyl/N-ethyl adjacent to an activating group) is 1. The van der Waals surface area contributed by atoms with Crippen molar-refractivity contribution in [1.29, 1.82) is 0 Å². The Hall–Kier alpha value is -1.17. The maximum Gasteiger partial charge on any atom is 0.460 e. The van der Waals surface area contributed by atoms with Crippen LogP contribution in [0.2, 0.25) is 0 Å². The lowest BCUT2D eigenvalue weighted by Gasteiger charge is -2.40. The molecule has 0 aliphatic heterocycles. The fourth-order valence-corrected chi connectivity index (χ4v) is 4.53. The van der Waals surface area contributed by atoms with Gasteiger partial charge in [-0.2, -0.15) is 69.8 Å². The molecule has 0 spiro atoms. The van der Waals surface area contributed by atoms with Gasteiger partial charge >= 0.3 is 35.1 Å². The minimum Gasteiger partial charge on any atom is -0.390 e. The van der Waals surface area contributed by atoms with Crippen LogP contribution in [0.4, 0.5) is 57.1 Å². The van der Waals surface area contributed by atoms with E-state index in [0.717, 1.165) is 4.90 Å². The van der Waals surface area contributed by atoms with Crippen LogP contribution < -0.4 is 0 Å². The van der Waals surface area contributed by atoms with Crippen LogP contribution in [-0.4, -0.2) is 116 Å². The standard InChI is InChI=1S/C14H19F13N2O6S2/c1-28(2)6-8(30)7-29(4-3-5-36(31,32)33)37(34,35)14(26,27)12(21,22)10(17,18)9(15,16)11(19,20)13(23,24)25/h8,30H,3-7H2,1-2H3,(H,31,32,33). The van der Waals surface area contributed by atoms with Crippen LogP contribution >= 0.6 is 0 Å². The third-order valence-electron chi connectivity index (χ3n) is 4.37. The van der Waals surface area contributed by atoms with Crippen molar-refractivity contribution in [2.75, 3.05) is 39.5 Å². The zero-order valence-electron chi connectivity index (χ0n) is 18.3. The van der Waals surface area contributed by atoms with Crippen molar-refractivity contribution in [2.45, 2.75) is 47.6 Å². The number of rotatable bonds is 14. The average molecular weight is 622 g/mol. The summed E-state index contributed by atoms with van der Waals surface area (Å²) >= 11 is 0. The highest BCUT2D eigenvalue weighted by molar-refractivity contribution is 7.90. The van der Waals surface area contributed by atoms with E-state index in [-0.39, 0.29) is 0 Å². The van der Waals surface area contributed by atoms with Crippen molar-refractivity contribution in [3.63, 3.8) is 0 Å². The quantitative estimate of drug-likeness (QED) is 0.226. The second kappa shape index (κ2) is 10.8. The van der Waals surface area contributed by atoms with E-state index in [4.69, 9.17) is 4.55 Å². The van der Waals surface area contributed by atoms with E-state index in [2.05, 4.69) is 0 Å². The van der Waals surface area contributed by atoms with Gasteiger partial charge in [-0.05, 0) is 20.5 Å². The first-order chi connectivity index (χ1) is 15.9. The molecule has 1 atom stereocenters. The zero-order valence-corrected chi connectivity index (χ0v) is 19.9. The molecule has 8 nitrogen and oxygen atoms in total. The summed E-state index contributed by atoms with van der Waals surface area (Å²) in [5.41, 5.74) is 0. The normalized spacial score (nSPS) is 16.5. The Morgan fingerprint density at radius 3 is 1.46 bits per heavy atom. The van der Waals surface area contributed by atoms with E-state index < -0.39 is 97.5 Å². The maximum absolute atomic E-state index is 14.3. The van der Waals surface area contributed by atoms with Gasteiger partial charge in [0.1, 0.15) is 0 Å². The molecule has 0 rings (SSSR count). The summed E-state index contributed by atoms with van der Waals surface area (Å²) in [6.45, 7) is -4.10. The zero-order chi connectivity index (χ0) is 30.3. The molecule has 37 heavy (non-hydrogen) atoms. The van der Waals surface area contributed by atoms with Crippen molar-refractivity contribution in [2.24, 2.45) is 0 Å². The molecule has 0 radical (unpaired) electrons. The molecule has 23 heteroatoms. The lowest BCUT2D eigenvalue weighted by Crippen LogP contribution is -2.72. The Balaban J connectivity index is 6.74. The predicted octanol–water partition coefficient (Wildman–Crippen LogP) is 2.51. The van der Waals surface area contributed by atoms with Gasteiger partial charge in [0.15, 0.2) is 0 Å². The summed E-state index contributed by atoms with van der Waals surface area (Å²) in [5, 5.41) is 2.18. The van der Waals surface area contributed by atoms with E-state index in [1.165, 1.54) is 14.1 Å². The molecular formula is C14H19F13N2O6S2. The van der Waals surface area contributed by atoms with E-state index in [9.17, 15) is 79.0 Å². The van der Waals surface area contributed by atoms with Crippen molar-refractivity contribution < 1.29 is 83.6 Å². The molecule has 1 unspecified atom stereocenters. The van der Waals surface area contributed by atoms with Crippen LogP contribution in [0.3, 0.4) is 0 Å². The number of hydrogen-bond donors (Lipinski definition) is 2. The number of alkyl halides is 13. The van der Waals surface area contributed by atoms with E-state index in [0.29, 0.717) is 0 Å². The Kier molecular flexibility index (Phi) is 10.4. The molecule has 0 aliphatic carbocycles. The second-order valence-electron chi connectivity index (χ2n) is 7.73. The fourth-order valence-electron chi connectivity index (χ4n) is 2.53. The van der Waals surface area contributed by atoms with Gasteiger partial charge in [0.05, 0.1) is 11.9 Å². The fraction of sp³-hybridized carbons (Fsp3) is 1.00. The van der Waals surface area contributed by atoms with Crippen molar-refractivity contribution >= 4 is 20.1 Å². The smallest absolute Gasteiger partial charge is 0.390 e. The summed E-state index contributed by atoms with van der Waals surface area (Å²) in [4.78, 5) is 1.02. The predicted molar refractivity (Wildman–Crippen MR) is 96.9 cm³/mol. The van der Waals surface area contributed by atoms with Gasteiger partial charge in [-0.3, -0.25) is 4.55 Å². The molecule has 0 saturated heterocycles. The largest absolute Gasteiger partial charge is 0.460 e. The highest BCUT2D eigenvalue weighted by atomic mass is 32.2. The van der Waals surface area contributed by atoms with Crippen LogP contribution in [0.1, 0.15) is 6.42 Å². The first kappa shape index (κ1) is 35.8. The number of sulfonamides is 1. The molecule has 0 heterocycles. The van der Waals surface area contributed by atoms with Gasteiger partial charge in [-0.15, -0.1) is 0 Å². The highest BCUT2D eigenvalue weighted by Crippen LogP contribution is 2.61. The number of aliphatic hydroxyl groups is 1. The van der Waals surface area contributed by atoms with Gasteiger partial charge in [0.25, 0.3) is 20.1 Å². The Morgan fingerprint density at radius 2 is 1.11 bits per heavy atom. The number of halogens is 13. The third kappa shape index (κ3) is 6.89. The Bertz CT molecular complexity index is 1000. The average Bonchev–Trinajstić information content (AvgIpc) is 2.63. The molecular weight excluding hydrogens is 603 g/mol. The van der Waals surface area contributed by atoms with Gasteiger partial charge in [0.2, 0.25) is 0 Å². The first-order valence-electron chi connectivity index (χ1n) is 9.15. The van der Waals surface area contributed by atoms with Gasteiger partial charge < -0.3 is 10.0 Å². The minimum absolute atomic E-state index is 0.668. The lowest BCUT2D eigenvalue weighted by molar-refractivity contribution is -0.433. The molecule has 0 aromatic carbocycles. The highest BCUT2D eigenvalue weighted by Gasteiger charge is 2.92. The van der Waals surface area contributed by atoms with Crippen molar-refractivity contribution in [3.05, 3.63) is 0 Å². The third-order valence-corrected chi connectivity index (χ3v) is 7.09. The topological polar surface area (TPSA) is 115 Å². The van der Waals surface area contributed by atoms with Crippen LogP contribution in [0.5, 0.6) is 0 Å². The number of aliphatic hydroxyl groups excluding tert-OH is 1. The van der Waals surface area contributed by atoms with Crippen LogP contribution in [0.25, 0.3) is 0 Å². The summed E-state index contributed by atoms with van der Waals surface area (Å²) in [6, 6.07) is 0. The Morgan fingerprint density at radius 1 is 0.703 bits per heavy atom. The van der Waals surface area contributed by atoms with Crippen molar-refractivity contribution in [1.82, 2.24) is 9.21 Å². The van der Waals surface area contributed by atoms with Gasteiger partial charge in [0, 0.05) is 19.6 Å². The molecule has 0 aromatic heterocycles. The van der Waals surface area contributed by atoms with Gasteiger partial charge in [-0.25, -0.2) is 8.42 Å². The molecule has 0 saturated carbocycles. The van der Waals surface area contributed by atoms with Crippen LogP contribution in [-0.2, 0) is 20.1 Å². The van der Waals surface area contributed by atoms with Crippen LogP contribution in [0.15, 0.2) is 0 Å². The van der Waals surface area contributed by atoms with E-state index in [1.807, 2.05) is 0 Å². The van der Waals surface area contributed by atoms with E-state index >= 15 is 0 Å². The van der Waals surface area contributed by atoms with Crippen molar-refractivity contribution in [3.8, 4) is 0 Å². The monoisotopic (exact) mass is 622 g/mol.